The number of hydrogen-bond donors (Lipinski definition) is 0. The van der Waals surface area contributed by atoms with Gasteiger partial charge in [0.25, 0.3) is 0 Å². The zero-order chi connectivity index (χ0) is 16.2. The fourth-order valence-corrected chi connectivity index (χ4v) is 3.99. The third-order valence-electron chi connectivity index (χ3n) is 5.18. The second-order valence-corrected chi connectivity index (χ2v) is 6.78. The van der Waals surface area contributed by atoms with E-state index >= 15 is 0 Å². The first-order valence-corrected chi connectivity index (χ1v) is 9.18. The molecule has 24 heavy (non-hydrogen) atoms. The summed E-state index contributed by atoms with van der Waals surface area (Å²) < 4.78 is 2.51. The zero-order valence-corrected chi connectivity index (χ0v) is 14.1. The number of rotatable bonds is 2. The molecule has 0 saturated heterocycles. The molecule has 0 aliphatic heterocycles. The highest BCUT2D eigenvalue weighted by Gasteiger charge is 2.53. The lowest BCUT2D eigenvalue weighted by molar-refractivity contribution is 0.572. The van der Waals surface area contributed by atoms with Gasteiger partial charge in [0.2, 0.25) is 11.4 Å². The molecule has 0 radical (unpaired) electrons. The second kappa shape index (κ2) is 7.05. The van der Waals surface area contributed by atoms with Crippen LogP contribution in [0.1, 0.15) is 38.5 Å². The number of fused-ring (bicyclic) bond motifs is 1. The van der Waals surface area contributed by atoms with Crippen molar-refractivity contribution >= 4 is 17.1 Å². The molecule has 1 saturated carbocycles. The van der Waals surface area contributed by atoms with Crippen molar-refractivity contribution in [3.8, 4) is 11.8 Å². The van der Waals surface area contributed by atoms with Gasteiger partial charge in [-0.3, -0.25) is 0 Å². The molecule has 2 aromatic rings. The van der Waals surface area contributed by atoms with Crippen molar-refractivity contribution in [1.29, 1.82) is 0 Å². The van der Waals surface area contributed by atoms with E-state index in [9.17, 15) is 0 Å². The predicted octanol–water partition coefficient (Wildman–Crippen LogP) is 5.57. The highest BCUT2D eigenvalue weighted by atomic mass is 15.1. The molecule has 120 valence electrons. The Balaban J connectivity index is 1.75. The molecule has 4 rings (SSSR count). The highest BCUT2D eigenvalue weighted by molar-refractivity contribution is 6.07. The maximum atomic E-state index is 3.33. The Morgan fingerprint density at radius 2 is 1.12 bits per heavy atom. The van der Waals surface area contributed by atoms with E-state index in [-0.39, 0.29) is 0 Å². The fourth-order valence-electron chi connectivity index (χ4n) is 3.99. The number of benzene rings is 2. The molecule has 0 N–H and O–H groups in total. The van der Waals surface area contributed by atoms with Crippen LogP contribution in [0, 0.1) is 23.7 Å². The van der Waals surface area contributed by atoms with Crippen LogP contribution in [0.25, 0.3) is 0 Å². The molecule has 1 heteroatoms. The fraction of sp³-hybridized carbons (Fsp3) is 0.348. The summed E-state index contributed by atoms with van der Waals surface area (Å²) in [6.45, 7) is 0. The second-order valence-electron chi connectivity index (χ2n) is 6.78. The SMILES string of the molecule is C1#CCCCC2C(=[N+](c3ccccc3)c3ccccc3)C2CCC1. The van der Waals surface area contributed by atoms with Gasteiger partial charge in [-0.2, -0.15) is 4.58 Å². The van der Waals surface area contributed by atoms with Crippen molar-refractivity contribution in [2.24, 2.45) is 11.8 Å². The van der Waals surface area contributed by atoms with Crippen LogP contribution in [-0.4, -0.2) is 5.71 Å². The van der Waals surface area contributed by atoms with Gasteiger partial charge in [-0.25, -0.2) is 0 Å². The molecular weight excluding hydrogens is 290 g/mol. The lowest BCUT2D eigenvalue weighted by Crippen LogP contribution is -2.08. The maximum Gasteiger partial charge on any atom is 0.211 e. The van der Waals surface area contributed by atoms with E-state index in [4.69, 9.17) is 0 Å². The summed E-state index contributed by atoms with van der Waals surface area (Å²) in [5.74, 6) is 8.14. The average Bonchev–Trinajstić information content (AvgIpc) is 3.33. The Morgan fingerprint density at radius 1 is 0.667 bits per heavy atom. The van der Waals surface area contributed by atoms with E-state index < -0.39 is 0 Å². The molecule has 2 aliphatic rings. The van der Waals surface area contributed by atoms with Gasteiger partial charge >= 0.3 is 0 Å². The van der Waals surface area contributed by atoms with E-state index in [1.165, 1.54) is 37.1 Å². The molecule has 2 aliphatic carbocycles. The topological polar surface area (TPSA) is 3.01 Å². The predicted molar refractivity (Wildman–Crippen MR) is 102 cm³/mol. The summed E-state index contributed by atoms with van der Waals surface area (Å²) in [6.07, 6.45) is 7.15. The molecule has 1 fully saturated rings. The quantitative estimate of drug-likeness (QED) is 0.504. The van der Waals surface area contributed by atoms with Gasteiger partial charge in [-0.1, -0.05) is 36.4 Å². The Hall–Kier alpha value is -2.33. The monoisotopic (exact) mass is 314 g/mol. The van der Waals surface area contributed by atoms with Crippen LogP contribution in [-0.2, 0) is 0 Å². The molecule has 2 atom stereocenters. The van der Waals surface area contributed by atoms with Crippen LogP contribution in [0.2, 0.25) is 0 Å². The highest BCUT2D eigenvalue weighted by Crippen LogP contribution is 2.45. The summed E-state index contributed by atoms with van der Waals surface area (Å²) in [5, 5.41) is 0. The van der Waals surface area contributed by atoms with Gasteiger partial charge in [-0.15, -0.1) is 11.8 Å². The Kier molecular flexibility index (Phi) is 4.47. The molecule has 2 unspecified atom stereocenters. The van der Waals surface area contributed by atoms with Crippen LogP contribution in [0.15, 0.2) is 60.7 Å². The van der Waals surface area contributed by atoms with Crippen molar-refractivity contribution in [2.45, 2.75) is 38.5 Å². The standard InChI is InChI=1S/C23H24N/c1-2-4-12-18-22-21(17-11-3-1)23(22)24(19-13-7-5-8-14-19)20-15-9-6-10-16-20/h5-10,13-16,21-22H,3-4,11-12,17-18H2/q+1. The van der Waals surface area contributed by atoms with E-state index in [0.29, 0.717) is 0 Å². The van der Waals surface area contributed by atoms with Crippen molar-refractivity contribution in [2.75, 3.05) is 0 Å². The molecular formula is C23H24N+. The number of nitrogens with zero attached hydrogens (tertiary/aromatic N) is 1. The van der Waals surface area contributed by atoms with Crippen molar-refractivity contribution in [3.05, 3.63) is 60.7 Å². The third-order valence-corrected chi connectivity index (χ3v) is 5.18. The van der Waals surface area contributed by atoms with Crippen LogP contribution >= 0.6 is 0 Å². The molecule has 0 spiro atoms. The molecule has 0 bridgehead atoms. The summed E-state index contributed by atoms with van der Waals surface area (Å²) in [7, 11) is 0. The van der Waals surface area contributed by atoms with Gasteiger partial charge in [0.15, 0.2) is 5.71 Å². The summed E-state index contributed by atoms with van der Waals surface area (Å²) in [5.41, 5.74) is 4.20. The van der Waals surface area contributed by atoms with E-state index in [0.717, 1.165) is 24.7 Å². The van der Waals surface area contributed by atoms with Crippen LogP contribution in [0.3, 0.4) is 0 Å². The first kappa shape index (κ1) is 15.2. The van der Waals surface area contributed by atoms with Crippen LogP contribution in [0.5, 0.6) is 0 Å². The van der Waals surface area contributed by atoms with Gasteiger partial charge in [0.1, 0.15) is 0 Å². The Bertz CT molecular complexity index is 714. The zero-order valence-electron chi connectivity index (χ0n) is 14.1. The molecule has 1 nitrogen and oxygen atoms in total. The number of hydrogen-bond acceptors (Lipinski definition) is 0. The maximum absolute atomic E-state index is 3.33. The first-order valence-electron chi connectivity index (χ1n) is 9.18. The third kappa shape index (κ3) is 3.15. The summed E-state index contributed by atoms with van der Waals surface area (Å²) in [4.78, 5) is 0. The van der Waals surface area contributed by atoms with E-state index in [2.05, 4.69) is 77.1 Å². The summed E-state index contributed by atoms with van der Waals surface area (Å²) in [6, 6.07) is 21.7. The molecule has 0 amide bonds. The van der Waals surface area contributed by atoms with Gasteiger partial charge in [-0.05, 0) is 25.7 Å². The van der Waals surface area contributed by atoms with Crippen LogP contribution < -0.4 is 4.58 Å². The van der Waals surface area contributed by atoms with E-state index in [1.54, 1.807) is 5.71 Å². The first-order chi connectivity index (χ1) is 11.9. The van der Waals surface area contributed by atoms with E-state index in [1.807, 2.05) is 0 Å². The Morgan fingerprint density at radius 3 is 1.58 bits per heavy atom. The lowest BCUT2D eigenvalue weighted by Gasteiger charge is -2.02. The lowest BCUT2D eigenvalue weighted by atomic mass is 10.1. The summed E-state index contributed by atoms with van der Waals surface area (Å²) >= 11 is 0. The molecule has 0 heterocycles. The minimum absolute atomic E-state index is 0.741. The van der Waals surface area contributed by atoms with Crippen LogP contribution in [0.4, 0.5) is 11.4 Å². The normalized spacial score (nSPS) is 22.8. The van der Waals surface area contributed by atoms with Gasteiger partial charge in [0, 0.05) is 37.1 Å². The van der Waals surface area contributed by atoms with Gasteiger partial charge < -0.3 is 0 Å². The minimum atomic E-state index is 0.741. The Labute approximate surface area is 145 Å². The van der Waals surface area contributed by atoms with Gasteiger partial charge in [0.05, 0.1) is 11.8 Å². The minimum Gasteiger partial charge on any atom is -0.161 e. The molecule has 0 aromatic heterocycles. The average molecular weight is 314 g/mol. The van der Waals surface area contributed by atoms with Crippen molar-refractivity contribution < 1.29 is 0 Å². The molecule has 2 aromatic carbocycles. The number of para-hydroxylation sites is 2. The van der Waals surface area contributed by atoms with Crippen molar-refractivity contribution in [1.82, 2.24) is 4.58 Å². The largest absolute Gasteiger partial charge is 0.211 e. The smallest absolute Gasteiger partial charge is 0.161 e. The van der Waals surface area contributed by atoms with Crippen molar-refractivity contribution in [3.63, 3.8) is 0 Å².